The highest BCUT2D eigenvalue weighted by molar-refractivity contribution is 6.00. The van der Waals surface area contributed by atoms with E-state index < -0.39 is 11.8 Å². The predicted molar refractivity (Wildman–Crippen MR) is 111 cm³/mol. The summed E-state index contributed by atoms with van der Waals surface area (Å²) in [6, 6.07) is 11.9. The van der Waals surface area contributed by atoms with Crippen LogP contribution >= 0.6 is 0 Å². The molecule has 1 saturated heterocycles. The van der Waals surface area contributed by atoms with E-state index in [2.05, 4.69) is 16.2 Å². The standard InChI is InChI=1S/C23H22N4O4/c1-12(2)31-19-7-6-13(8-15(19)11-24)22(29)26-27-23(30)17-5-3-4-16-18(17)9-14-10-20(28)25-21(14)16/h3-8,12,14,21H,9-10H2,1-2H3,(H,25,28)(H,26,29)(H,27,30)/t14?,21-/m0/s1. The molecular weight excluding hydrogens is 396 g/mol. The molecule has 0 saturated carbocycles. The number of fused-ring (bicyclic) bond motifs is 3. The number of carbonyl (C=O) groups is 3. The van der Waals surface area contributed by atoms with Gasteiger partial charge in [0.05, 0.1) is 17.7 Å². The molecule has 1 fully saturated rings. The van der Waals surface area contributed by atoms with E-state index in [1.54, 1.807) is 18.2 Å². The number of hydrazine groups is 1. The average Bonchev–Trinajstić information content (AvgIpc) is 3.27. The highest BCUT2D eigenvalue weighted by Crippen LogP contribution is 2.42. The fourth-order valence-corrected chi connectivity index (χ4v) is 4.20. The zero-order chi connectivity index (χ0) is 22.1. The Morgan fingerprint density at radius 1 is 1.16 bits per heavy atom. The first-order valence-corrected chi connectivity index (χ1v) is 10.1. The van der Waals surface area contributed by atoms with Crippen LogP contribution in [0.5, 0.6) is 5.75 Å². The molecule has 8 nitrogen and oxygen atoms in total. The van der Waals surface area contributed by atoms with E-state index in [4.69, 9.17) is 4.74 Å². The maximum absolute atomic E-state index is 12.7. The van der Waals surface area contributed by atoms with Crippen molar-refractivity contribution in [3.63, 3.8) is 0 Å². The van der Waals surface area contributed by atoms with Crippen LogP contribution in [-0.2, 0) is 11.2 Å². The third-order valence-corrected chi connectivity index (χ3v) is 5.51. The fourth-order valence-electron chi connectivity index (χ4n) is 4.20. The Bertz CT molecular complexity index is 1120. The van der Waals surface area contributed by atoms with Gasteiger partial charge < -0.3 is 10.1 Å². The van der Waals surface area contributed by atoms with E-state index in [1.807, 2.05) is 26.0 Å². The van der Waals surface area contributed by atoms with Crippen molar-refractivity contribution >= 4 is 17.7 Å². The number of hydrogen-bond acceptors (Lipinski definition) is 5. The van der Waals surface area contributed by atoms with Crippen LogP contribution in [0.1, 0.15) is 63.7 Å². The Labute approximate surface area is 179 Å². The fraction of sp³-hybridized carbons (Fsp3) is 0.304. The topological polar surface area (TPSA) is 120 Å². The summed E-state index contributed by atoms with van der Waals surface area (Å²) >= 11 is 0. The second-order valence-electron chi connectivity index (χ2n) is 7.98. The molecule has 1 aliphatic heterocycles. The summed E-state index contributed by atoms with van der Waals surface area (Å²) < 4.78 is 5.56. The Kier molecular flexibility index (Phi) is 5.34. The molecule has 1 heterocycles. The maximum atomic E-state index is 12.7. The molecule has 2 aromatic rings. The minimum Gasteiger partial charge on any atom is -0.490 e. The number of ether oxygens (including phenoxy) is 1. The SMILES string of the molecule is CC(C)Oc1ccc(C(=O)NNC(=O)c2cccc3c2CC2CC(=O)N[C@H]32)cc1C#N. The largest absolute Gasteiger partial charge is 0.490 e. The van der Waals surface area contributed by atoms with Gasteiger partial charge in [0.15, 0.2) is 0 Å². The molecule has 1 unspecified atom stereocenters. The molecule has 2 aromatic carbocycles. The van der Waals surface area contributed by atoms with E-state index in [-0.39, 0.29) is 35.1 Å². The van der Waals surface area contributed by atoms with Crippen LogP contribution in [0.25, 0.3) is 0 Å². The van der Waals surface area contributed by atoms with Crippen LogP contribution in [0.3, 0.4) is 0 Å². The van der Waals surface area contributed by atoms with Crippen LogP contribution in [0.15, 0.2) is 36.4 Å². The molecular formula is C23H22N4O4. The number of amides is 3. The summed E-state index contributed by atoms with van der Waals surface area (Å²) in [6.07, 6.45) is 0.986. The molecule has 0 spiro atoms. The van der Waals surface area contributed by atoms with Crippen molar-refractivity contribution in [2.45, 2.75) is 38.8 Å². The number of rotatable bonds is 4. The lowest BCUT2D eigenvalue weighted by Gasteiger charge is -2.14. The van der Waals surface area contributed by atoms with Gasteiger partial charge in [-0.05, 0) is 61.6 Å². The Balaban J connectivity index is 1.45. The second-order valence-corrected chi connectivity index (χ2v) is 7.98. The molecule has 4 rings (SSSR count). The van der Waals surface area contributed by atoms with Crippen molar-refractivity contribution in [2.24, 2.45) is 5.92 Å². The number of carbonyl (C=O) groups excluding carboxylic acids is 3. The normalized spacial score (nSPS) is 18.6. The van der Waals surface area contributed by atoms with Crippen molar-refractivity contribution in [3.8, 4) is 11.8 Å². The summed E-state index contributed by atoms with van der Waals surface area (Å²) in [5.74, 6) is -0.392. The lowest BCUT2D eigenvalue weighted by molar-refractivity contribution is -0.119. The third-order valence-electron chi connectivity index (χ3n) is 5.51. The van der Waals surface area contributed by atoms with Gasteiger partial charge in [0, 0.05) is 17.5 Å². The molecule has 31 heavy (non-hydrogen) atoms. The first kappa shape index (κ1) is 20.4. The minimum absolute atomic E-state index is 0.0318. The maximum Gasteiger partial charge on any atom is 0.269 e. The molecule has 3 N–H and O–H groups in total. The van der Waals surface area contributed by atoms with Gasteiger partial charge in [0.25, 0.3) is 11.8 Å². The Morgan fingerprint density at radius 2 is 1.94 bits per heavy atom. The van der Waals surface area contributed by atoms with Crippen molar-refractivity contribution < 1.29 is 19.1 Å². The van der Waals surface area contributed by atoms with Gasteiger partial charge in [-0.2, -0.15) is 5.26 Å². The third kappa shape index (κ3) is 3.94. The van der Waals surface area contributed by atoms with Gasteiger partial charge in [-0.15, -0.1) is 0 Å². The molecule has 158 valence electrons. The summed E-state index contributed by atoms with van der Waals surface area (Å²) in [5, 5.41) is 12.3. The zero-order valence-electron chi connectivity index (χ0n) is 17.2. The lowest BCUT2D eigenvalue weighted by atomic mass is 10.0. The molecule has 0 bridgehead atoms. The molecule has 2 aliphatic rings. The number of nitrogens with zero attached hydrogens (tertiary/aromatic N) is 1. The van der Waals surface area contributed by atoms with Gasteiger partial charge in [-0.25, -0.2) is 0 Å². The van der Waals surface area contributed by atoms with Crippen LogP contribution in [0, 0.1) is 17.2 Å². The van der Waals surface area contributed by atoms with E-state index >= 15 is 0 Å². The Hall–Kier alpha value is -3.86. The van der Waals surface area contributed by atoms with Crippen molar-refractivity contribution in [1.29, 1.82) is 5.26 Å². The smallest absolute Gasteiger partial charge is 0.269 e. The number of benzene rings is 2. The zero-order valence-corrected chi connectivity index (χ0v) is 17.2. The second kappa shape index (κ2) is 8.11. The van der Waals surface area contributed by atoms with E-state index in [0.717, 1.165) is 11.1 Å². The van der Waals surface area contributed by atoms with E-state index in [9.17, 15) is 19.6 Å². The molecule has 1 aliphatic carbocycles. The number of nitriles is 1. The number of hydrogen-bond donors (Lipinski definition) is 3. The molecule has 8 heteroatoms. The highest BCUT2D eigenvalue weighted by atomic mass is 16.5. The first-order chi connectivity index (χ1) is 14.9. The van der Waals surface area contributed by atoms with Gasteiger partial charge in [-0.1, -0.05) is 12.1 Å². The number of nitrogens with one attached hydrogen (secondary N) is 3. The molecule has 0 radical (unpaired) electrons. The van der Waals surface area contributed by atoms with Crippen LogP contribution in [0.2, 0.25) is 0 Å². The van der Waals surface area contributed by atoms with Crippen molar-refractivity contribution in [3.05, 3.63) is 64.2 Å². The van der Waals surface area contributed by atoms with Crippen LogP contribution in [-0.4, -0.2) is 23.8 Å². The molecule has 2 atom stereocenters. The van der Waals surface area contributed by atoms with Crippen molar-refractivity contribution in [2.75, 3.05) is 0 Å². The van der Waals surface area contributed by atoms with Gasteiger partial charge >= 0.3 is 0 Å². The highest BCUT2D eigenvalue weighted by Gasteiger charge is 2.41. The summed E-state index contributed by atoms with van der Waals surface area (Å²) in [5.41, 5.74) is 7.63. The van der Waals surface area contributed by atoms with Crippen LogP contribution < -0.4 is 20.9 Å². The predicted octanol–water partition coefficient (Wildman–Crippen LogP) is 2.15. The van der Waals surface area contributed by atoms with E-state index in [1.165, 1.54) is 12.1 Å². The Morgan fingerprint density at radius 3 is 2.68 bits per heavy atom. The van der Waals surface area contributed by atoms with Crippen molar-refractivity contribution in [1.82, 2.24) is 16.2 Å². The summed E-state index contributed by atoms with van der Waals surface area (Å²) in [7, 11) is 0. The summed E-state index contributed by atoms with van der Waals surface area (Å²) in [4.78, 5) is 36.9. The summed E-state index contributed by atoms with van der Waals surface area (Å²) in [6.45, 7) is 3.69. The van der Waals surface area contributed by atoms with E-state index in [0.29, 0.717) is 24.2 Å². The minimum atomic E-state index is -0.544. The molecule has 0 aromatic heterocycles. The quantitative estimate of drug-likeness (QED) is 0.657. The monoisotopic (exact) mass is 418 g/mol. The average molecular weight is 418 g/mol. The van der Waals surface area contributed by atoms with Gasteiger partial charge in [-0.3, -0.25) is 25.2 Å². The molecule has 3 amide bonds. The van der Waals surface area contributed by atoms with Crippen LogP contribution in [0.4, 0.5) is 0 Å². The first-order valence-electron chi connectivity index (χ1n) is 10.1. The van der Waals surface area contributed by atoms with Gasteiger partial charge in [0.1, 0.15) is 11.8 Å². The lowest BCUT2D eigenvalue weighted by Crippen LogP contribution is -2.42. The van der Waals surface area contributed by atoms with Gasteiger partial charge in [0.2, 0.25) is 5.91 Å².